The van der Waals surface area contributed by atoms with E-state index < -0.39 is 18.1 Å². The molecule has 0 bridgehead atoms. The molecule has 0 radical (unpaired) electrons. The Kier molecular flexibility index (Phi) is 3.59. The zero-order valence-electron chi connectivity index (χ0n) is 6.47. The number of carboxylic acids is 1. The molecule has 0 aliphatic carbocycles. The smallest absolute Gasteiger partial charge is 0.337 e. The summed E-state index contributed by atoms with van der Waals surface area (Å²) in [7, 11) is 0. The molecule has 1 N–H and O–H groups in total. The highest BCUT2D eigenvalue weighted by Crippen LogP contribution is 2.26. The Balaban J connectivity index is 3.35. The first-order valence-electron chi connectivity index (χ1n) is 3.31. The van der Waals surface area contributed by atoms with Crippen LogP contribution in [0, 0.1) is 3.70 Å². The van der Waals surface area contributed by atoms with Gasteiger partial charge in [0, 0.05) is 0 Å². The number of pyridine rings is 1. The monoisotopic (exact) mass is 333 g/mol. The van der Waals surface area contributed by atoms with Gasteiger partial charge in [-0.2, -0.15) is 0 Å². The van der Waals surface area contributed by atoms with E-state index >= 15 is 0 Å². The lowest BCUT2D eigenvalue weighted by Crippen LogP contribution is -2.04. The van der Waals surface area contributed by atoms with E-state index in [9.17, 15) is 13.6 Å². The van der Waals surface area contributed by atoms with E-state index in [1.54, 1.807) is 22.6 Å². The van der Waals surface area contributed by atoms with Crippen LogP contribution in [0.2, 0.25) is 5.02 Å². The van der Waals surface area contributed by atoms with Gasteiger partial charge in [0.25, 0.3) is 6.43 Å². The van der Waals surface area contributed by atoms with Crippen molar-refractivity contribution in [1.29, 1.82) is 0 Å². The number of rotatable bonds is 2. The summed E-state index contributed by atoms with van der Waals surface area (Å²) in [6.07, 6.45) is -2.81. The number of aromatic nitrogens is 1. The van der Waals surface area contributed by atoms with Crippen LogP contribution in [0.5, 0.6) is 0 Å². The summed E-state index contributed by atoms with van der Waals surface area (Å²) in [6.45, 7) is 0. The molecule has 1 aromatic heterocycles. The summed E-state index contributed by atoms with van der Waals surface area (Å²) >= 11 is 7.17. The summed E-state index contributed by atoms with van der Waals surface area (Å²) in [4.78, 5) is 14.0. The molecule has 14 heavy (non-hydrogen) atoms. The lowest BCUT2D eigenvalue weighted by atomic mass is 10.2. The number of aromatic carboxylic acids is 1. The Labute approximate surface area is 96.2 Å². The third-order valence-corrected chi connectivity index (χ3v) is 2.87. The number of carboxylic acid groups (broad SMARTS) is 1. The van der Waals surface area contributed by atoms with E-state index in [-0.39, 0.29) is 14.3 Å². The van der Waals surface area contributed by atoms with Gasteiger partial charge >= 0.3 is 5.97 Å². The van der Waals surface area contributed by atoms with Crippen LogP contribution >= 0.6 is 34.2 Å². The van der Waals surface area contributed by atoms with Gasteiger partial charge in [-0.1, -0.05) is 11.6 Å². The predicted molar refractivity (Wildman–Crippen MR) is 53.9 cm³/mol. The van der Waals surface area contributed by atoms with Gasteiger partial charge in [-0.15, -0.1) is 0 Å². The Morgan fingerprint density at radius 3 is 2.64 bits per heavy atom. The molecule has 7 heteroatoms. The summed E-state index contributed by atoms with van der Waals surface area (Å²) in [5, 5.41) is 8.51. The van der Waals surface area contributed by atoms with Gasteiger partial charge in [0.15, 0.2) is 0 Å². The fraction of sp³-hybridized carbons (Fsp3) is 0.143. The zero-order chi connectivity index (χ0) is 10.9. The third kappa shape index (κ3) is 2.30. The average Bonchev–Trinajstić information content (AvgIpc) is 2.08. The maximum Gasteiger partial charge on any atom is 0.337 e. The quantitative estimate of drug-likeness (QED) is 0.669. The van der Waals surface area contributed by atoms with Crippen LogP contribution < -0.4 is 0 Å². The fourth-order valence-corrected chi connectivity index (χ4v) is 1.53. The molecule has 0 spiro atoms. The molecule has 76 valence electrons. The molecule has 1 aromatic rings. The van der Waals surface area contributed by atoms with Gasteiger partial charge in [-0.05, 0) is 28.7 Å². The number of carbonyl (C=O) groups is 1. The topological polar surface area (TPSA) is 50.2 Å². The maximum atomic E-state index is 12.2. The van der Waals surface area contributed by atoms with Crippen molar-refractivity contribution in [2.75, 3.05) is 0 Å². The van der Waals surface area contributed by atoms with Crippen LogP contribution in [0.25, 0.3) is 0 Å². The minimum absolute atomic E-state index is 0.0551. The van der Waals surface area contributed by atoms with E-state index in [0.717, 1.165) is 6.07 Å². The third-order valence-electron chi connectivity index (χ3n) is 1.39. The Bertz CT molecular complexity index is 386. The van der Waals surface area contributed by atoms with Crippen molar-refractivity contribution in [3.8, 4) is 0 Å². The van der Waals surface area contributed by atoms with Crippen molar-refractivity contribution < 1.29 is 18.7 Å². The van der Waals surface area contributed by atoms with Crippen LogP contribution in [-0.4, -0.2) is 16.1 Å². The van der Waals surface area contributed by atoms with Gasteiger partial charge in [0.2, 0.25) is 0 Å². The van der Waals surface area contributed by atoms with Crippen LogP contribution in [0.1, 0.15) is 22.5 Å². The van der Waals surface area contributed by atoms with Gasteiger partial charge in [-0.25, -0.2) is 18.6 Å². The van der Waals surface area contributed by atoms with Gasteiger partial charge in [0.1, 0.15) is 9.39 Å². The molecule has 3 nitrogen and oxygen atoms in total. The molecule has 0 aromatic carbocycles. The molecule has 1 heterocycles. The molecule has 0 amide bonds. The van der Waals surface area contributed by atoms with Gasteiger partial charge in [0.05, 0.1) is 10.6 Å². The van der Waals surface area contributed by atoms with Gasteiger partial charge in [-0.3, -0.25) is 0 Å². The predicted octanol–water partition coefficient (Wildman–Crippen LogP) is 2.98. The second kappa shape index (κ2) is 4.35. The number of nitrogens with zero attached hydrogens (tertiary/aromatic N) is 1. The zero-order valence-corrected chi connectivity index (χ0v) is 9.38. The maximum absolute atomic E-state index is 12.2. The van der Waals surface area contributed by atoms with Crippen molar-refractivity contribution in [2.45, 2.75) is 6.43 Å². The highest BCUT2D eigenvalue weighted by molar-refractivity contribution is 14.1. The Hall–Kier alpha value is -0.500. The molecule has 0 aliphatic heterocycles. The minimum Gasteiger partial charge on any atom is -0.478 e. The molecular formula is C7H3ClF2INO2. The van der Waals surface area contributed by atoms with Crippen LogP contribution in [-0.2, 0) is 0 Å². The van der Waals surface area contributed by atoms with E-state index in [2.05, 4.69) is 4.98 Å². The van der Waals surface area contributed by atoms with E-state index in [1.807, 2.05) is 0 Å². The lowest BCUT2D eigenvalue weighted by molar-refractivity contribution is 0.0696. The summed E-state index contributed by atoms with van der Waals surface area (Å²) in [6, 6.07) is 0.775. The largest absolute Gasteiger partial charge is 0.478 e. The highest BCUT2D eigenvalue weighted by atomic mass is 127. The molecule has 0 saturated carbocycles. The highest BCUT2D eigenvalue weighted by Gasteiger charge is 2.18. The number of hydrogen-bond donors (Lipinski definition) is 1. The Morgan fingerprint density at radius 2 is 2.21 bits per heavy atom. The van der Waals surface area contributed by atoms with E-state index in [1.165, 1.54) is 0 Å². The van der Waals surface area contributed by atoms with Crippen LogP contribution in [0.3, 0.4) is 0 Å². The first-order valence-corrected chi connectivity index (χ1v) is 4.76. The van der Waals surface area contributed by atoms with Crippen molar-refractivity contribution in [3.63, 3.8) is 0 Å². The fourth-order valence-electron chi connectivity index (χ4n) is 0.784. The van der Waals surface area contributed by atoms with E-state index in [4.69, 9.17) is 16.7 Å². The number of halogens is 4. The molecule has 0 atom stereocenters. The molecule has 0 aliphatic rings. The SMILES string of the molecule is O=C(O)c1cc(C(F)F)nc(I)c1Cl. The molecule has 1 rings (SSSR count). The first kappa shape index (κ1) is 11.6. The first-order chi connectivity index (χ1) is 6.43. The molecular weight excluding hydrogens is 330 g/mol. The molecule has 0 unspecified atom stereocenters. The van der Waals surface area contributed by atoms with Crippen molar-refractivity contribution in [2.24, 2.45) is 0 Å². The van der Waals surface area contributed by atoms with Crippen molar-refractivity contribution in [3.05, 3.63) is 26.0 Å². The Morgan fingerprint density at radius 1 is 1.64 bits per heavy atom. The average molecular weight is 333 g/mol. The standard InChI is InChI=1S/C7H3ClF2INO2/c8-4-2(7(13)14)1-3(5(9)10)12-6(4)11/h1,5H,(H,13,14). The summed E-state index contributed by atoms with van der Waals surface area (Å²) < 4.78 is 24.5. The second-order valence-electron chi connectivity index (χ2n) is 2.31. The summed E-state index contributed by atoms with van der Waals surface area (Å²) in [5.41, 5.74) is -0.947. The molecule has 0 saturated heterocycles. The van der Waals surface area contributed by atoms with Crippen LogP contribution in [0.15, 0.2) is 6.07 Å². The normalized spacial score (nSPS) is 10.6. The van der Waals surface area contributed by atoms with Crippen molar-refractivity contribution in [1.82, 2.24) is 4.98 Å². The number of alkyl halides is 2. The summed E-state index contributed by atoms with van der Waals surface area (Å²) in [5.74, 6) is -1.35. The van der Waals surface area contributed by atoms with Crippen molar-refractivity contribution >= 4 is 40.2 Å². The van der Waals surface area contributed by atoms with Crippen LogP contribution in [0.4, 0.5) is 8.78 Å². The molecule has 0 fully saturated rings. The van der Waals surface area contributed by atoms with Gasteiger partial charge < -0.3 is 5.11 Å². The lowest BCUT2D eigenvalue weighted by Gasteiger charge is -2.04. The number of hydrogen-bond acceptors (Lipinski definition) is 2. The van der Waals surface area contributed by atoms with E-state index in [0.29, 0.717) is 0 Å². The second-order valence-corrected chi connectivity index (χ2v) is 3.71. The minimum atomic E-state index is -2.81.